The molecule has 1 aromatic carbocycles. The molecule has 0 spiro atoms. The van der Waals surface area contributed by atoms with Crippen LogP contribution < -0.4 is 9.47 Å². The van der Waals surface area contributed by atoms with Crippen molar-refractivity contribution in [3.63, 3.8) is 0 Å². The van der Waals surface area contributed by atoms with E-state index < -0.39 is 0 Å². The highest BCUT2D eigenvalue weighted by atomic mass is 16.7. The molecule has 0 radical (unpaired) electrons. The number of ether oxygens (including phenoxy) is 3. The van der Waals surface area contributed by atoms with Gasteiger partial charge in [-0.05, 0) is 12.1 Å². The van der Waals surface area contributed by atoms with Crippen molar-refractivity contribution in [2.75, 3.05) is 13.7 Å². The molecule has 2 rings (SSSR count). The smallest absolute Gasteiger partial charge is 0.264 e. The van der Waals surface area contributed by atoms with Crippen LogP contribution in [0.1, 0.15) is 0 Å². The van der Waals surface area contributed by atoms with Gasteiger partial charge in [-0.1, -0.05) is 12.1 Å². The third kappa shape index (κ3) is 1.23. The molecule has 12 heavy (non-hydrogen) atoms. The van der Waals surface area contributed by atoms with Crippen molar-refractivity contribution in [1.29, 1.82) is 0 Å². The fraction of sp³-hybridized carbons (Fsp3) is 0.333. The molecule has 1 aliphatic rings. The van der Waals surface area contributed by atoms with E-state index in [9.17, 15) is 0 Å². The molecule has 0 aromatic heterocycles. The standard InChI is InChI=1S/C9H10O3/c1-10-6-9-11-7-4-2-3-5-8(7)12-9/h2-5,9H,6H2,1H3. The highest BCUT2D eigenvalue weighted by Gasteiger charge is 2.22. The van der Waals surface area contributed by atoms with Gasteiger partial charge in [0.1, 0.15) is 6.61 Å². The number of benzene rings is 1. The van der Waals surface area contributed by atoms with Crippen molar-refractivity contribution in [2.45, 2.75) is 6.29 Å². The van der Waals surface area contributed by atoms with Crippen LogP contribution in [0.4, 0.5) is 0 Å². The minimum Gasteiger partial charge on any atom is -0.448 e. The molecule has 3 heteroatoms. The van der Waals surface area contributed by atoms with E-state index in [1.807, 2.05) is 24.3 Å². The first-order valence-electron chi connectivity index (χ1n) is 3.81. The van der Waals surface area contributed by atoms with Gasteiger partial charge in [0.15, 0.2) is 11.5 Å². The normalized spacial score (nSPS) is 15.1. The van der Waals surface area contributed by atoms with E-state index in [0.29, 0.717) is 6.61 Å². The van der Waals surface area contributed by atoms with Gasteiger partial charge in [-0.3, -0.25) is 0 Å². The predicted octanol–water partition coefficient (Wildman–Crippen LogP) is 1.43. The van der Waals surface area contributed by atoms with Gasteiger partial charge in [0.25, 0.3) is 6.29 Å². The molecule has 0 amide bonds. The molecule has 1 aliphatic heterocycles. The van der Waals surface area contributed by atoms with Crippen LogP contribution in [0.5, 0.6) is 11.5 Å². The topological polar surface area (TPSA) is 27.7 Å². The summed E-state index contributed by atoms with van der Waals surface area (Å²) >= 11 is 0. The van der Waals surface area contributed by atoms with Crippen LogP contribution in [-0.2, 0) is 4.74 Å². The van der Waals surface area contributed by atoms with Crippen molar-refractivity contribution in [2.24, 2.45) is 0 Å². The minimum atomic E-state index is -0.285. The average molecular weight is 166 g/mol. The molecule has 0 unspecified atom stereocenters. The van der Waals surface area contributed by atoms with Crippen LogP contribution in [-0.4, -0.2) is 20.0 Å². The van der Waals surface area contributed by atoms with E-state index in [1.165, 1.54) is 0 Å². The number of para-hydroxylation sites is 2. The molecule has 1 heterocycles. The molecule has 1 aromatic rings. The minimum absolute atomic E-state index is 0.285. The van der Waals surface area contributed by atoms with Crippen LogP contribution in [0.2, 0.25) is 0 Å². The highest BCUT2D eigenvalue weighted by molar-refractivity contribution is 5.41. The SMILES string of the molecule is COCC1Oc2ccccc2O1. The fourth-order valence-corrected chi connectivity index (χ4v) is 1.16. The third-order valence-electron chi connectivity index (χ3n) is 1.67. The quantitative estimate of drug-likeness (QED) is 0.665. The van der Waals surface area contributed by atoms with Crippen molar-refractivity contribution in [3.8, 4) is 11.5 Å². The summed E-state index contributed by atoms with van der Waals surface area (Å²) in [7, 11) is 1.62. The lowest BCUT2D eigenvalue weighted by atomic mass is 10.3. The molecule has 64 valence electrons. The van der Waals surface area contributed by atoms with E-state index in [0.717, 1.165) is 11.5 Å². The zero-order valence-corrected chi connectivity index (χ0v) is 6.82. The van der Waals surface area contributed by atoms with Gasteiger partial charge in [0, 0.05) is 7.11 Å². The first kappa shape index (κ1) is 7.43. The fourth-order valence-electron chi connectivity index (χ4n) is 1.16. The molecule has 3 nitrogen and oxygen atoms in total. The van der Waals surface area contributed by atoms with Gasteiger partial charge in [-0.2, -0.15) is 0 Å². The van der Waals surface area contributed by atoms with Gasteiger partial charge in [-0.25, -0.2) is 0 Å². The van der Waals surface area contributed by atoms with E-state index >= 15 is 0 Å². The van der Waals surface area contributed by atoms with E-state index in [4.69, 9.17) is 14.2 Å². The lowest BCUT2D eigenvalue weighted by Gasteiger charge is -2.07. The average Bonchev–Trinajstić information content (AvgIpc) is 2.47. The zero-order valence-electron chi connectivity index (χ0n) is 6.82. The van der Waals surface area contributed by atoms with Gasteiger partial charge < -0.3 is 14.2 Å². The summed E-state index contributed by atoms with van der Waals surface area (Å²) in [6.45, 7) is 0.453. The molecular weight excluding hydrogens is 156 g/mol. The maximum absolute atomic E-state index is 5.40. The lowest BCUT2D eigenvalue weighted by molar-refractivity contribution is -0.0173. The summed E-state index contributed by atoms with van der Waals surface area (Å²) in [6.07, 6.45) is -0.285. The van der Waals surface area contributed by atoms with Crippen LogP contribution >= 0.6 is 0 Å². The second-order valence-corrected chi connectivity index (χ2v) is 2.57. The summed E-state index contributed by atoms with van der Waals surface area (Å²) < 4.78 is 15.7. The maximum atomic E-state index is 5.40. The number of hydrogen-bond donors (Lipinski definition) is 0. The Morgan fingerprint density at radius 3 is 2.33 bits per heavy atom. The Bertz CT molecular complexity index is 247. The van der Waals surface area contributed by atoms with Crippen LogP contribution in [0, 0.1) is 0 Å². The predicted molar refractivity (Wildman–Crippen MR) is 43.4 cm³/mol. The molecule has 0 saturated carbocycles. The Labute approximate surface area is 70.9 Å². The molecular formula is C9H10O3. The van der Waals surface area contributed by atoms with Crippen LogP contribution in [0.3, 0.4) is 0 Å². The lowest BCUT2D eigenvalue weighted by Crippen LogP contribution is -2.23. The summed E-state index contributed by atoms with van der Waals surface area (Å²) in [5.41, 5.74) is 0. The van der Waals surface area contributed by atoms with Gasteiger partial charge >= 0.3 is 0 Å². The summed E-state index contributed by atoms with van der Waals surface area (Å²) in [5.74, 6) is 1.58. The largest absolute Gasteiger partial charge is 0.448 e. The van der Waals surface area contributed by atoms with Gasteiger partial charge in [0.2, 0.25) is 0 Å². The Morgan fingerprint density at radius 2 is 1.83 bits per heavy atom. The molecule has 0 bridgehead atoms. The van der Waals surface area contributed by atoms with Gasteiger partial charge in [0.05, 0.1) is 0 Å². The summed E-state index contributed by atoms with van der Waals surface area (Å²) in [5, 5.41) is 0. The van der Waals surface area contributed by atoms with Crippen molar-refractivity contribution < 1.29 is 14.2 Å². The first-order valence-corrected chi connectivity index (χ1v) is 3.81. The number of fused-ring (bicyclic) bond motifs is 1. The van der Waals surface area contributed by atoms with Crippen molar-refractivity contribution in [3.05, 3.63) is 24.3 Å². The number of rotatable bonds is 2. The number of hydrogen-bond acceptors (Lipinski definition) is 3. The van der Waals surface area contributed by atoms with Crippen molar-refractivity contribution >= 4 is 0 Å². The summed E-state index contributed by atoms with van der Waals surface area (Å²) in [4.78, 5) is 0. The van der Waals surface area contributed by atoms with E-state index in [-0.39, 0.29) is 6.29 Å². The van der Waals surface area contributed by atoms with Crippen LogP contribution in [0.25, 0.3) is 0 Å². The van der Waals surface area contributed by atoms with Crippen LogP contribution in [0.15, 0.2) is 24.3 Å². The second-order valence-electron chi connectivity index (χ2n) is 2.57. The molecule has 0 atom stereocenters. The molecule has 0 aliphatic carbocycles. The Kier molecular flexibility index (Phi) is 1.87. The molecule has 0 N–H and O–H groups in total. The van der Waals surface area contributed by atoms with E-state index in [1.54, 1.807) is 7.11 Å². The molecule has 0 saturated heterocycles. The zero-order chi connectivity index (χ0) is 8.39. The monoisotopic (exact) mass is 166 g/mol. The Morgan fingerprint density at radius 1 is 1.25 bits per heavy atom. The highest BCUT2D eigenvalue weighted by Crippen LogP contribution is 2.33. The number of methoxy groups -OCH3 is 1. The second kappa shape index (κ2) is 3.03. The van der Waals surface area contributed by atoms with E-state index in [2.05, 4.69) is 0 Å². The maximum Gasteiger partial charge on any atom is 0.264 e. The summed E-state index contributed by atoms with van der Waals surface area (Å²) in [6, 6.07) is 7.59. The van der Waals surface area contributed by atoms with Crippen molar-refractivity contribution in [1.82, 2.24) is 0 Å². The van der Waals surface area contributed by atoms with Gasteiger partial charge in [-0.15, -0.1) is 0 Å². The molecule has 0 fully saturated rings. The third-order valence-corrected chi connectivity index (χ3v) is 1.67. The first-order chi connectivity index (χ1) is 5.90. The Balaban J connectivity index is 2.11. The Hall–Kier alpha value is -1.22.